The monoisotopic (exact) mass is 427 g/mol. The first-order chi connectivity index (χ1) is 14.6. The fraction of sp³-hybridized carbons (Fsp3) is 0.381. The van der Waals surface area contributed by atoms with Gasteiger partial charge in [-0.05, 0) is 42.0 Å². The van der Waals surface area contributed by atoms with E-state index in [1.54, 1.807) is 0 Å². The smallest absolute Gasteiger partial charge is 0.442 e. The number of amides is 1. The molecule has 1 aromatic carbocycles. The fourth-order valence-corrected chi connectivity index (χ4v) is 4.96. The molecule has 0 saturated heterocycles. The number of carbonyl (C=O) groups is 1. The van der Waals surface area contributed by atoms with E-state index >= 15 is 0 Å². The van der Waals surface area contributed by atoms with Gasteiger partial charge in [-0.15, -0.1) is 11.3 Å². The molecule has 0 atom stereocenters. The van der Waals surface area contributed by atoms with E-state index in [-0.39, 0.29) is 12.5 Å². The molecular formula is C21H21N3O5S. The molecule has 0 spiro atoms. The maximum atomic E-state index is 13.0. The lowest BCUT2D eigenvalue weighted by molar-refractivity contribution is -0.123. The van der Waals surface area contributed by atoms with E-state index in [1.165, 1.54) is 15.9 Å². The number of nitrogens with zero attached hydrogens (tertiary/aromatic N) is 2. The first-order valence-corrected chi connectivity index (χ1v) is 10.8. The summed E-state index contributed by atoms with van der Waals surface area (Å²) >= 11 is 1.43. The third-order valence-corrected chi connectivity index (χ3v) is 6.53. The van der Waals surface area contributed by atoms with Gasteiger partial charge in [0.2, 0.25) is 5.91 Å². The topological polar surface area (TPSA) is 95.6 Å². The second-order valence-electron chi connectivity index (χ2n) is 7.53. The maximum absolute atomic E-state index is 13.0. The van der Waals surface area contributed by atoms with Crippen molar-refractivity contribution < 1.29 is 18.8 Å². The molecule has 1 aliphatic heterocycles. The Bertz CT molecular complexity index is 1110. The minimum atomic E-state index is -0.645. The third kappa shape index (κ3) is 3.39. The highest BCUT2D eigenvalue weighted by atomic mass is 32.1. The van der Waals surface area contributed by atoms with E-state index in [0.717, 1.165) is 41.9 Å². The highest BCUT2D eigenvalue weighted by Crippen LogP contribution is 2.42. The van der Waals surface area contributed by atoms with Gasteiger partial charge in [0.05, 0.1) is 10.4 Å². The summed E-state index contributed by atoms with van der Waals surface area (Å²) in [4.78, 5) is 25.9. The summed E-state index contributed by atoms with van der Waals surface area (Å²) in [6.45, 7) is 0.897. The lowest BCUT2D eigenvalue weighted by Crippen LogP contribution is -2.45. The van der Waals surface area contributed by atoms with Crippen LogP contribution in [0.3, 0.4) is 0 Å². The van der Waals surface area contributed by atoms with E-state index in [1.807, 2.05) is 35.7 Å². The summed E-state index contributed by atoms with van der Waals surface area (Å²) in [6.07, 6.45) is 3.69. The van der Waals surface area contributed by atoms with E-state index in [9.17, 15) is 9.59 Å². The number of thiophene rings is 1. The van der Waals surface area contributed by atoms with Gasteiger partial charge < -0.3 is 14.8 Å². The molecule has 2 aromatic heterocycles. The van der Waals surface area contributed by atoms with Crippen LogP contribution in [0.2, 0.25) is 0 Å². The zero-order chi connectivity index (χ0) is 20.6. The lowest BCUT2D eigenvalue weighted by Gasteiger charge is -2.32. The molecule has 2 aliphatic rings. The van der Waals surface area contributed by atoms with Crippen LogP contribution in [-0.4, -0.2) is 28.8 Å². The van der Waals surface area contributed by atoms with Crippen LogP contribution >= 0.6 is 11.3 Å². The molecule has 1 amide bonds. The molecule has 0 radical (unpaired) electrons. The van der Waals surface area contributed by atoms with Gasteiger partial charge in [0.1, 0.15) is 19.8 Å². The number of rotatable bonds is 5. The third-order valence-electron chi connectivity index (χ3n) is 5.66. The Balaban J connectivity index is 1.40. The Morgan fingerprint density at radius 1 is 1.17 bits per heavy atom. The molecule has 1 N–H and O–H groups in total. The van der Waals surface area contributed by atoms with Crippen LogP contribution in [0.25, 0.3) is 10.7 Å². The van der Waals surface area contributed by atoms with Crippen molar-refractivity contribution in [2.45, 2.75) is 37.8 Å². The minimum Gasteiger partial charge on any atom is -0.486 e. The predicted molar refractivity (Wildman–Crippen MR) is 110 cm³/mol. The van der Waals surface area contributed by atoms with Crippen molar-refractivity contribution in [2.75, 3.05) is 13.2 Å². The minimum absolute atomic E-state index is 0.151. The molecule has 156 valence electrons. The summed E-state index contributed by atoms with van der Waals surface area (Å²) < 4.78 is 17.4. The number of nitrogens with one attached hydrogen (secondary N) is 1. The van der Waals surface area contributed by atoms with Crippen molar-refractivity contribution >= 4 is 17.2 Å². The van der Waals surface area contributed by atoms with Crippen molar-refractivity contribution in [2.24, 2.45) is 0 Å². The van der Waals surface area contributed by atoms with Crippen molar-refractivity contribution in [3.05, 3.63) is 51.8 Å². The van der Waals surface area contributed by atoms with E-state index in [2.05, 4.69) is 10.5 Å². The number of ether oxygens (including phenoxy) is 2. The SMILES string of the molecule is O=C(Cn1c(-c2cccs2)noc1=O)NC1(c2ccc3c(c2)OCCO3)CCCC1. The molecule has 3 heterocycles. The molecule has 0 bridgehead atoms. The van der Waals surface area contributed by atoms with Gasteiger partial charge in [-0.25, -0.2) is 9.36 Å². The van der Waals surface area contributed by atoms with Gasteiger partial charge in [0, 0.05) is 0 Å². The number of fused-ring (bicyclic) bond motifs is 1. The van der Waals surface area contributed by atoms with Crippen molar-refractivity contribution in [1.29, 1.82) is 0 Å². The van der Waals surface area contributed by atoms with Gasteiger partial charge in [-0.2, -0.15) is 0 Å². The number of hydrogen-bond acceptors (Lipinski definition) is 7. The molecule has 0 unspecified atom stereocenters. The Hall–Kier alpha value is -3.07. The summed E-state index contributed by atoms with van der Waals surface area (Å²) in [5.41, 5.74) is 0.505. The Labute approximate surface area is 176 Å². The van der Waals surface area contributed by atoms with Gasteiger partial charge in [0.25, 0.3) is 0 Å². The van der Waals surface area contributed by atoms with Crippen molar-refractivity contribution in [1.82, 2.24) is 15.0 Å². The number of benzene rings is 1. The summed E-state index contributed by atoms with van der Waals surface area (Å²) in [5, 5.41) is 8.92. The molecule has 1 aliphatic carbocycles. The molecular weight excluding hydrogens is 406 g/mol. The molecule has 8 nitrogen and oxygen atoms in total. The van der Waals surface area contributed by atoms with E-state index < -0.39 is 11.3 Å². The number of carbonyl (C=O) groups excluding carboxylic acids is 1. The zero-order valence-corrected chi connectivity index (χ0v) is 17.1. The second-order valence-corrected chi connectivity index (χ2v) is 8.48. The van der Waals surface area contributed by atoms with E-state index in [0.29, 0.717) is 24.8 Å². The predicted octanol–water partition coefficient (Wildman–Crippen LogP) is 2.92. The molecule has 5 rings (SSSR count). The van der Waals surface area contributed by atoms with Crippen LogP contribution in [0.5, 0.6) is 11.5 Å². The number of hydrogen-bond donors (Lipinski definition) is 1. The average molecular weight is 427 g/mol. The van der Waals surface area contributed by atoms with Crippen LogP contribution < -0.4 is 20.5 Å². The largest absolute Gasteiger partial charge is 0.486 e. The van der Waals surface area contributed by atoms with Crippen molar-refractivity contribution in [3.63, 3.8) is 0 Å². The standard InChI is InChI=1S/C21H21N3O5S/c25-18(13-24-19(23-29-20(24)26)17-4-3-11-30-17)22-21(7-1-2-8-21)14-5-6-15-16(12-14)28-10-9-27-15/h3-6,11-12H,1-2,7-10,13H2,(H,22,25). The first-order valence-electron chi connectivity index (χ1n) is 9.96. The van der Waals surface area contributed by atoms with Crippen LogP contribution in [0.4, 0.5) is 0 Å². The quantitative estimate of drug-likeness (QED) is 0.673. The fourth-order valence-electron chi connectivity index (χ4n) is 4.25. The second kappa shape index (κ2) is 7.64. The van der Waals surface area contributed by atoms with Gasteiger partial charge in [-0.1, -0.05) is 30.1 Å². The van der Waals surface area contributed by atoms with Gasteiger partial charge in [-0.3, -0.25) is 9.32 Å². The Kier molecular flexibility index (Phi) is 4.82. The molecule has 1 fully saturated rings. The number of aromatic nitrogens is 2. The average Bonchev–Trinajstić information content (AvgIpc) is 3.51. The van der Waals surface area contributed by atoms with Gasteiger partial charge in [0.15, 0.2) is 17.3 Å². The Morgan fingerprint density at radius 3 is 2.73 bits per heavy atom. The highest BCUT2D eigenvalue weighted by Gasteiger charge is 2.38. The van der Waals surface area contributed by atoms with Crippen LogP contribution in [0.15, 0.2) is 45.0 Å². The molecule has 30 heavy (non-hydrogen) atoms. The summed E-state index contributed by atoms with van der Waals surface area (Å²) in [6, 6.07) is 9.54. The van der Waals surface area contributed by atoms with Crippen LogP contribution in [0, 0.1) is 0 Å². The zero-order valence-electron chi connectivity index (χ0n) is 16.3. The molecule has 3 aromatic rings. The van der Waals surface area contributed by atoms with Gasteiger partial charge >= 0.3 is 5.76 Å². The lowest BCUT2D eigenvalue weighted by atomic mass is 9.87. The van der Waals surface area contributed by atoms with Crippen LogP contribution in [0.1, 0.15) is 31.2 Å². The molecule has 9 heteroatoms. The normalized spacial score (nSPS) is 17.1. The first kappa shape index (κ1) is 18.9. The maximum Gasteiger partial charge on any atom is 0.442 e. The van der Waals surface area contributed by atoms with E-state index in [4.69, 9.17) is 14.0 Å². The van der Waals surface area contributed by atoms with Crippen LogP contribution in [-0.2, 0) is 16.9 Å². The summed E-state index contributed by atoms with van der Waals surface area (Å²) in [7, 11) is 0. The summed E-state index contributed by atoms with van der Waals surface area (Å²) in [5.74, 6) is 0.892. The highest BCUT2D eigenvalue weighted by molar-refractivity contribution is 7.13. The Morgan fingerprint density at radius 2 is 1.97 bits per heavy atom. The van der Waals surface area contributed by atoms with Crippen molar-refractivity contribution in [3.8, 4) is 22.2 Å². The molecule has 1 saturated carbocycles.